The van der Waals surface area contributed by atoms with Crippen molar-refractivity contribution >= 4 is 25.2 Å². The van der Waals surface area contributed by atoms with Crippen molar-refractivity contribution < 1.29 is 28.3 Å². The maximum Gasteiger partial charge on any atom is 0.541 e. The summed E-state index contributed by atoms with van der Waals surface area (Å²) >= 11 is 0. The van der Waals surface area contributed by atoms with Gasteiger partial charge in [0.15, 0.2) is 0 Å². The summed E-state index contributed by atoms with van der Waals surface area (Å²) in [4.78, 5) is 34.4. The van der Waals surface area contributed by atoms with Crippen LogP contribution in [0.3, 0.4) is 0 Å². The van der Waals surface area contributed by atoms with Crippen molar-refractivity contribution in [3.8, 4) is 0 Å². The second kappa shape index (κ2) is 7.81. The van der Waals surface area contributed by atoms with Crippen molar-refractivity contribution in [1.29, 1.82) is 0 Å². The Morgan fingerprint density at radius 1 is 0.632 bits per heavy atom. The Labute approximate surface area is 114 Å². The minimum atomic E-state index is -2.52. The van der Waals surface area contributed by atoms with Gasteiger partial charge in [0.2, 0.25) is 0 Å². The summed E-state index contributed by atoms with van der Waals surface area (Å²) in [6.45, 7) is 9.79. The van der Waals surface area contributed by atoms with Gasteiger partial charge in [0.1, 0.15) is 0 Å². The van der Waals surface area contributed by atoms with Crippen molar-refractivity contribution in [2.24, 2.45) is 17.8 Å². The van der Waals surface area contributed by atoms with Crippen LogP contribution in [-0.4, -0.2) is 25.2 Å². The van der Waals surface area contributed by atoms with Gasteiger partial charge in [-0.1, -0.05) is 41.5 Å². The van der Waals surface area contributed by atoms with Crippen LogP contribution in [0, 0.1) is 17.8 Å². The van der Waals surface area contributed by atoms with E-state index in [0.717, 1.165) is 0 Å². The average Bonchev–Trinajstić information content (AvgIpc) is 2.27. The van der Waals surface area contributed by atoms with E-state index in [2.05, 4.69) is 0 Å². The van der Waals surface area contributed by atoms with Gasteiger partial charge >= 0.3 is 7.32 Å². The lowest BCUT2D eigenvalue weighted by atomic mass is 10.1. The third-order valence-electron chi connectivity index (χ3n) is 2.19. The van der Waals surface area contributed by atoms with E-state index in [1.807, 2.05) is 0 Å². The zero-order valence-electron chi connectivity index (χ0n) is 12.4. The highest BCUT2D eigenvalue weighted by Crippen LogP contribution is 2.07. The summed E-state index contributed by atoms with van der Waals surface area (Å²) in [5.74, 6) is -2.92. The molecule has 0 saturated heterocycles. The van der Waals surface area contributed by atoms with Gasteiger partial charge in [-0.15, -0.1) is 0 Å². The van der Waals surface area contributed by atoms with Crippen LogP contribution in [-0.2, 0) is 28.3 Å². The normalized spacial score (nSPS) is 11.1. The Kier molecular flexibility index (Phi) is 7.18. The maximum absolute atomic E-state index is 11.5. The van der Waals surface area contributed by atoms with Crippen LogP contribution in [0.25, 0.3) is 0 Å². The van der Waals surface area contributed by atoms with Crippen LogP contribution in [0.4, 0.5) is 0 Å². The molecular weight excluding hydrogens is 251 g/mol. The molecule has 0 aliphatic carbocycles. The highest BCUT2D eigenvalue weighted by molar-refractivity contribution is 6.44. The first-order chi connectivity index (χ1) is 8.65. The van der Waals surface area contributed by atoms with E-state index in [1.165, 1.54) is 0 Å². The smallest absolute Gasteiger partial charge is 0.541 e. The van der Waals surface area contributed by atoms with Crippen molar-refractivity contribution in [2.45, 2.75) is 41.5 Å². The molecule has 0 N–H and O–H groups in total. The van der Waals surface area contributed by atoms with Gasteiger partial charge < -0.3 is 14.0 Å². The second-order valence-corrected chi connectivity index (χ2v) is 5.21. The van der Waals surface area contributed by atoms with Gasteiger partial charge in [0.05, 0.1) is 0 Å². The first-order valence-electron chi connectivity index (χ1n) is 6.42. The molecule has 0 atom stereocenters. The summed E-state index contributed by atoms with van der Waals surface area (Å²) in [7, 11) is -2.52. The minimum absolute atomic E-state index is 0.398. The van der Waals surface area contributed by atoms with Gasteiger partial charge in [-0.25, -0.2) is 0 Å². The lowest BCUT2D eigenvalue weighted by Crippen LogP contribution is -2.38. The van der Waals surface area contributed by atoms with Gasteiger partial charge in [-0.05, 0) is 0 Å². The number of rotatable bonds is 6. The molecule has 0 fully saturated rings. The molecule has 0 bridgehead atoms. The summed E-state index contributed by atoms with van der Waals surface area (Å²) in [6, 6.07) is 0. The highest BCUT2D eigenvalue weighted by atomic mass is 16.8. The molecule has 0 amide bonds. The van der Waals surface area contributed by atoms with Gasteiger partial charge in [0.25, 0.3) is 17.9 Å². The fourth-order valence-electron chi connectivity index (χ4n) is 0.937. The SMILES string of the molecule is CC(C)C(=O)O[BH-](OC(=O)C(C)C)OC(=O)C(C)C. The molecule has 0 saturated carbocycles. The second-order valence-electron chi connectivity index (χ2n) is 5.21. The van der Waals surface area contributed by atoms with Crippen LogP contribution >= 0.6 is 0 Å². The molecule has 0 aromatic rings. The Morgan fingerprint density at radius 3 is 1.00 bits per heavy atom. The first kappa shape index (κ1) is 17.5. The molecule has 19 heavy (non-hydrogen) atoms. The molecule has 110 valence electrons. The van der Waals surface area contributed by atoms with E-state index in [0.29, 0.717) is 0 Å². The molecule has 0 rings (SSSR count). The molecule has 0 unspecified atom stereocenters. The van der Waals surface area contributed by atoms with Crippen LogP contribution in [0.1, 0.15) is 41.5 Å². The minimum Gasteiger partial charge on any atom is -0.625 e. The predicted octanol–water partition coefficient (Wildman–Crippen LogP) is 1.30. The van der Waals surface area contributed by atoms with E-state index in [4.69, 9.17) is 14.0 Å². The average molecular weight is 273 g/mol. The molecule has 0 aromatic heterocycles. The standard InChI is InChI=1S/C12H22BO6/c1-7(2)10(14)17-13(18-11(15)8(3)4)19-12(16)9(5)6/h7-9,13H,1-6H3/q-1. The number of carbonyl (C=O) groups is 3. The van der Waals surface area contributed by atoms with Crippen molar-refractivity contribution in [3.63, 3.8) is 0 Å². The van der Waals surface area contributed by atoms with Crippen molar-refractivity contribution in [2.75, 3.05) is 0 Å². The predicted molar refractivity (Wildman–Crippen MR) is 69.9 cm³/mol. The third-order valence-corrected chi connectivity index (χ3v) is 2.19. The number of hydrogen-bond donors (Lipinski definition) is 0. The lowest BCUT2D eigenvalue weighted by molar-refractivity contribution is -0.151. The van der Waals surface area contributed by atoms with Gasteiger partial charge in [-0.2, -0.15) is 0 Å². The Bertz CT molecular complexity index is 285. The Morgan fingerprint density at radius 2 is 0.842 bits per heavy atom. The largest absolute Gasteiger partial charge is 0.625 e. The zero-order valence-corrected chi connectivity index (χ0v) is 12.4. The van der Waals surface area contributed by atoms with E-state index in [-0.39, 0.29) is 0 Å². The summed E-state index contributed by atoms with van der Waals surface area (Å²) in [5, 5.41) is 0. The molecule has 7 heteroatoms. The monoisotopic (exact) mass is 273 g/mol. The van der Waals surface area contributed by atoms with E-state index >= 15 is 0 Å². The van der Waals surface area contributed by atoms with E-state index in [9.17, 15) is 14.4 Å². The zero-order chi connectivity index (χ0) is 15.2. The molecule has 0 spiro atoms. The Balaban J connectivity index is 4.68. The fraction of sp³-hybridized carbons (Fsp3) is 0.750. The lowest BCUT2D eigenvalue weighted by Gasteiger charge is -2.30. The van der Waals surface area contributed by atoms with Crippen LogP contribution in [0.5, 0.6) is 0 Å². The fourth-order valence-corrected chi connectivity index (χ4v) is 0.937. The number of hydrogen-bond acceptors (Lipinski definition) is 6. The molecule has 0 aliphatic rings. The highest BCUT2D eigenvalue weighted by Gasteiger charge is 2.22. The van der Waals surface area contributed by atoms with E-state index < -0.39 is 43.0 Å². The molecule has 0 heterocycles. The quantitative estimate of drug-likeness (QED) is 0.679. The van der Waals surface area contributed by atoms with Crippen LogP contribution < -0.4 is 0 Å². The summed E-state index contributed by atoms with van der Waals surface area (Å²) in [6.07, 6.45) is 0. The topological polar surface area (TPSA) is 78.9 Å². The third kappa shape index (κ3) is 6.83. The summed E-state index contributed by atoms with van der Waals surface area (Å²) < 4.78 is 14.7. The molecule has 0 aromatic carbocycles. The Hall–Kier alpha value is -1.53. The summed E-state index contributed by atoms with van der Waals surface area (Å²) in [5.41, 5.74) is 0. The molecule has 0 radical (unpaired) electrons. The van der Waals surface area contributed by atoms with Crippen LogP contribution in [0.15, 0.2) is 0 Å². The van der Waals surface area contributed by atoms with Crippen LogP contribution in [0.2, 0.25) is 0 Å². The maximum atomic E-state index is 11.5. The molecule has 6 nitrogen and oxygen atoms in total. The first-order valence-corrected chi connectivity index (χ1v) is 6.42. The van der Waals surface area contributed by atoms with Gasteiger partial charge in [-0.3, -0.25) is 14.4 Å². The molecular formula is C12H22BO6-. The van der Waals surface area contributed by atoms with E-state index in [1.54, 1.807) is 41.5 Å². The van der Waals surface area contributed by atoms with Gasteiger partial charge in [0, 0.05) is 17.8 Å². The number of carbonyl (C=O) groups excluding carboxylic acids is 3. The molecule has 0 aliphatic heterocycles. The van der Waals surface area contributed by atoms with Crippen molar-refractivity contribution in [3.05, 3.63) is 0 Å². The van der Waals surface area contributed by atoms with Crippen molar-refractivity contribution in [1.82, 2.24) is 0 Å².